The van der Waals surface area contributed by atoms with Crippen LogP contribution in [0.25, 0.3) is 33.5 Å². The quantitative estimate of drug-likeness (QED) is 0.0650. The van der Waals surface area contributed by atoms with Gasteiger partial charge in [0.25, 0.3) is 10.0 Å². The Balaban J connectivity index is 1.57. The van der Waals surface area contributed by atoms with Gasteiger partial charge in [-0.15, -0.1) is 0 Å². The maximum absolute atomic E-state index is 16.7. The van der Waals surface area contributed by atoms with Gasteiger partial charge in [-0.1, -0.05) is 45.3 Å². The second-order valence-corrected chi connectivity index (χ2v) is 27.6. The van der Waals surface area contributed by atoms with Gasteiger partial charge in [-0.2, -0.15) is 5.10 Å². The van der Waals surface area contributed by atoms with E-state index in [4.69, 9.17) is 9.47 Å². The lowest BCUT2D eigenvalue weighted by atomic mass is 10.0. The van der Waals surface area contributed by atoms with Crippen LogP contribution in [0.1, 0.15) is 5.69 Å². The van der Waals surface area contributed by atoms with Gasteiger partial charge in [0.05, 0.1) is 17.6 Å². The Morgan fingerprint density at radius 2 is 1.49 bits per heavy atom. The number of nitrogens with zero attached hydrogens (tertiary/aromatic N) is 5. The van der Waals surface area contributed by atoms with Gasteiger partial charge in [0.2, 0.25) is 0 Å². The molecule has 0 saturated heterocycles. The molecular formula is C34H42F4N6O4SSi2. The van der Waals surface area contributed by atoms with Gasteiger partial charge in [0, 0.05) is 64.3 Å². The van der Waals surface area contributed by atoms with Crippen molar-refractivity contribution in [1.82, 2.24) is 24.3 Å². The van der Waals surface area contributed by atoms with Crippen LogP contribution in [0.2, 0.25) is 51.4 Å². The van der Waals surface area contributed by atoms with E-state index < -0.39 is 65.6 Å². The van der Waals surface area contributed by atoms with Gasteiger partial charge in [0.1, 0.15) is 41.2 Å². The van der Waals surface area contributed by atoms with Crippen molar-refractivity contribution >= 4 is 42.8 Å². The van der Waals surface area contributed by atoms with Gasteiger partial charge in [-0.25, -0.2) is 35.6 Å². The molecule has 5 rings (SSSR count). The molecule has 2 aromatic carbocycles. The fourth-order valence-electron chi connectivity index (χ4n) is 5.22. The number of fused-ring (bicyclic) bond motifs is 1. The summed E-state index contributed by atoms with van der Waals surface area (Å²) in [4.78, 5) is 7.61. The van der Waals surface area contributed by atoms with Crippen LogP contribution >= 0.6 is 0 Å². The van der Waals surface area contributed by atoms with Crippen LogP contribution in [0.4, 0.5) is 23.2 Å². The van der Waals surface area contributed by atoms with E-state index in [0.717, 1.165) is 24.4 Å². The normalized spacial score (nSPS) is 12.6. The monoisotopic (exact) mass is 762 g/mol. The van der Waals surface area contributed by atoms with Gasteiger partial charge >= 0.3 is 0 Å². The van der Waals surface area contributed by atoms with Crippen LogP contribution in [0.15, 0.2) is 53.8 Å². The highest BCUT2D eigenvalue weighted by atomic mass is 32.2. The number of anilines is 1. The van der Waals surface area contributed by atoms with Gasteiger partial charge in [0.15, 0.2) is 17.5 Å². The number of benzene rings is 2. The molecule has 0 fully saturated rings. The Morgan fingerprint density at radius 1 is 0.824 bits per heavy atom. The van der Waals surface area contributed by atoms with Crippen molar-refractivity contribution in [2.75, 3.05) is 17.9 Å². The summed E-state index contributed by atoms with van der Waals surface area (Å²) in [5.41, 5.74) is -1.48. The van der Waals surface area contributed by atoms with Crippen molar-refractivity contribution < 1.29 is 35.5 Å². The molecule has 0 spiro atoms. The van der Waals surface area contributed by atoms with Crippen molar-refractivity contribution in [1.29, 1.82) is 0 Å². The molecule has 0 aliphatic carbocycles. The number of nitrogens with one attached hydrogen (secondary N) is 1. The van der Waals surface area contributed by atoms with E-state index in [9.17, 15) is 12.8 Å². The van der Waals surface area contributed by atoms with Crippen LogP contribution in [0.3, 0.4) is 0 Å². The van der Waals surface area contributed by atoms with Gasteiger partial charge < -0.3 is 14.0 Å². The molecule has 51 heavy (non-hydrogen) atoms. The Morgan fingerprint density at radius 3 is 2.16 bits per heavy atom. The molecule has 3 heterocycles. The lowest BCUT2D eigenvalue weighted by Crippen LogP contribution is -2.22. The second-order valence-electron chi connectivity index (χ2n) is 14.7. The number of hydrogen-bond donors (Lipinski definition) is 1. The summed E-state index contributed by atoms with van der Waals surface area (Å²) in [6, 6.07) is 6.72. The minimum atomic E-state index is -4.62. The maximum atomic E-state index is 16.7. The van der Waals surface area contributed by atoms with Crippen LogP contribution < -0.4 is 4.72 Å². The topological polar surface area (TPSA) is 113 Å². The number of aromatic nitrogens is 5. The Kier molecular flexibility index (Phi) is 11.3. The largest absolute Gasteiger partial charge is 0.361 e. The number of hydrogen-bond acceptors (Lipinski definition) is 7. The number of imidazole rings is 1. The highest BCUT2D eigenvalue weighted by Gasteiger charge is 2.27. The van der Waals surface area contributed by atoms with Crippen molar-refractivity contribution in [3.05, 3.63) is 77.9 Å². The Bertz CT molecular complexity index is 2160. The van der Waals surface area contributed by atoms with Crippen LogP contribution in [0, 0.1) is 30.2 Å². The van der Waals surface area contributed by atoms with E-state index in [-0.39, 0.29) is 30.2 Å². The molecule has 3 aromatic heterocycles. The molecule has 0 aliphatic rings. The van der Waals surface area contributed by atoms with E-state index in [1.807, 2.05) is 4.72 Å². The average Bonchev–Trinajstić information content (AvgIpc) is 3.64. The molecule has 0 radical (unpaired) electrons. The van der Waals surface area contributed by atoms with Crippen molar-refractivity contribution in [2.24, 2.45) is 0 Å². The van der Waals surface area contributed by atoms with E-state index in [1.165, 1.54) is 23.7 Å². The van der Waals surface area contributed by atoms with Gasteiger partial charge in [-0.05, 0) is 37.2 Å². The standard InChI is InChI=1S/C34H42F4N6O4SSi2/c1-22-29(18-24(36)19-40-22)49(45,46)42-28-17-23(35)16-27(30(28)37)25-8-9-26-32(34-39-10-11-43(34)20-47-12-14-50(2,3)4)41-44(33(26)31(25)38)21-48-13-15-51(5,6)7/h8-11,16-19,42H,12-15,20-21H2,1-7H3. The first kappa shape index (κ1) is 38.3. The molecule has 0 amide bonds. The summed E-state index contributed by atoms with van der Waals surface area (Å²) in [5.74, 6) is -3.75. The summed E-state index contributed by atoms with van der Waals surface area (Å²) in [6.45, 7) is 15.7. The lowest BCUT2D eigenvalue weighted by Gasteiger charge is -2.16. The predicted octanol–water partition coefficient (Wildman–Crippen LogP) is 8.25. The number of aryl methyl sites for hydroxylation is 1. The molecule has 10 nitrogen and oxygen atoms in total. The molecule has 0 saturated carbocycles. The molecule has 0 unspecified atom stereocenters. The zero-order valence-electron chi connectivity index (χ0n) is 29.7. The van der Waals surface area contributed by atoms with Crippen LogP contribution in [-0.4, -0.2) is 62.1 Å². The maximum Gasteiger partial charge on any atom is 0.263 e. The number of rotatable bonds is 15. The molecule has 0 aliphatic heterocycles. The summed E-state index contributed by atoms with van der Waals surface area (Å²) >= 11 is 0. The number of pyridine rings is 1. The lowest BCUT2D eigenvalue weighted by molar-refractivity contribution is 0.0812. The van der Waals surface area contributed by atoms with E-state index in [0.29, 0.717) is 42.3 Å². The molecule has 0 bridgehead atoms. The minimum Gasteiger partial charge on any atom is -0.361 e. The third-order valence-electron chi connectivity index (χ3n) is 8.08. The highest BCUT2D eigenvalue weighted by molar-refractivity contribution is 7.92. The first-order valence-electron chi connectivity index (χ1n) is 16.3. The van der Waals surface area contributed by atoms with Gasteiger partial charge in [-0.3, -0.25) is 9.71 Å². The molecular weight excluding hydrogens is 721 g/mol. The molecule has 5 aromatic rings. The van der Waals surface area contributed by atoms with E-state index in [1.54, 1.807) is 17.0 Å². The van der Waals surface area contributed by atoms with Crippen molar-refractivity contribution in [3.8, 4) is 22.6 Å². The number of halogens is 4. The number of ether oxygens (including phenoxy) is 2. The predicted molar refractivity (Wildman–Crippen MR) is 194 cm³/mol. The van der Waals surface area contributed by atoms with Crippen molar-refractivity contribution in [3.63, 3.8) is 0 Å². The summed E-state index contributed by atoms with van der Waals surface area (Å²) in [6.07, 6.45) is 4.15. The first-order chi connectivity index (χ1) is 23.8. The molecule has 17 heteroatoms. The fraction of sp³-hybridized carbons (Fsp3) is 0.382. The van der Waals surface area contributed by atoms with E-state index >= 15 is 13.2 Å². The zero-order valence-corrected chi connectivity index (χ0v) is 32.5. The minimum absolute atomic E-state index is 0.0445. The smallest absolute Gasteiger partial charge is 0.263 e. The molecule has 274 valence electrons. The molecule has 1 N–H and O–H groups in total. The van der Waals surface area contributed by atoms with Crippen LogP contribution in [-0.2, 0) is 33.0 Å². The molecule has 0 atom stereocenters. The number of sulfonamides is 1. The summed E-state index contributed by atoms with van der Waals surface area (Å²) in [5, 5.41) is 5.02. The van der Waals surface area contributed by atoms with Crippen molar-refractivity contribution in [2.45, 2.75) is 76.7 Å². The Labute approximate surface area is 296 Å². The van der Waals surface area contributed by atoms with E-state index in [2.05, 4.69) is 54.3 Å². The summed E-state index contributed by atoms with van der Waals surface area (Å²) < 4.78 is 105. The second kappa shape index (κ2) is 15.0. The SMILES string of the molecule is Cc1ncc(F)cc1S(=O)(=O)Nc1cc(F)cc(-c2ccc3c(-c4nccn4COCC[Si](C)(C)C)nn(COCC[Si](C)(C)C)c3c2F)c1F. The third kappa shape index (κ3) is 9.13. The zero-order chi connectivity index (χ0) is 37.3. The fourth-order valence-corrected chi connectivity index (χ4v) is 7.99. The summed E-state index contributed by atoms with van der Waals surface area (Å²) in [7, 11) is -7.39. The van der Waals surface area contributed by atoms with Crippen LogP contribution in [0.5, 0.6) is 0 Å². The first-order valence-corrected chi connectivity index (χ1v) is 25.2. The average molecular weight is 763 g/mol. The Hall–Kier alpha value is -3.91. The third-order valence-corrected chi connectivity index (χ3v) is 13.0. The highest BCUT2D eigenvalue weighted by Crippen LogP contribution is 2.37.